The molecule has 0 aliphatic carbocycles. The molecule has 0 saturated heterocycles. The fourth-order valence-corrected chi connectivity index (χ4v) is 1.52. The number of benzene rings is 1. The first kappa shape index (κ1) is 10.3. The van der Waals surface area contributed by atoms with Gasteiger partial charge in [0.1, 0.15) is 0 Å². The first-order chi connectivity index (χ1) is 6.18. The summed E-state index contributed by atoms with van der Waals surface area (Å²) in [7, 11) is 0. The minimum absolute atomic E-state index is 0.0231. The van der Waals surface area contributed by atoms with Crippen LogP contribution in [-0.2, 0) is 11.2 Å². The van der Waals surface area contributed by atoms with Crippen LogP contribution >= 0.6 is 15.9 Å². The molecule has 0 unspecified atom stereocenters. The second kappa shape index (κ2) is 5.02. The van der Waals surface area contributed by atoms with Crippen molar-refractivity contribution >= 4 is 21.8 Å². The highest BCUT2D eigenvalue weighted by Gasteiger charge is 1.94. The average molecular weight is 242 g/mol. The van der Waals surface area contributed by atoms with Crippen LogP contribution in [0.2, 0.25) is 0 Å². The van der Waals surface area contributed by atoms with Crippen molar-refractivity contribution in [2.75, 3.05) is 6.54 Å². The van der Waals surface area contributed by atoms with E-state index in [1.54, 1.807) is 0 Å². The van der Waals surface area contributed by atoms with E-state index in [1.807, 2.05) is 18.2 Å². The number of carbonyl (C=O) groups is 1. The standard InChI is InChI=1S/C10H12BrNO/c1-8(13)12-6-5-9-3-2-4-10(11)7-9/h2-4,7H,5-6H2,1H3,(H,12,13). The van der Waals surface area contributed by atoms with Gasteiger partial charge in [-0.05, 0) is 24.1 Å². The number of nitrogens with one attached hydrogen (secondary N) is 1. The number of carbonyl (C=O) groups excluding carboxylic acids is 1. The van der Waals surface area contributed by atoms with Crippen LogP contribution in [0, 0.1) is 0 Å². The summed E-state index contributed by atoms with van der Waals surface area (Å²) >= 11 is 3.40. The lowest BCUT2D eigenvalue weighted by molar-refractivity contribution is -0.118. The number of rotatable bonds is 3. The molecular formula is C10H12BrNO. The molecule has 0 saturated carbocycles. The van der Waals surface area contributed by atoms with Gasteiger partial charge in [0.05, 0.1) is 0 Å². The van der Waals surface area contributed by atoms with Gasteiger partial charge in [0.15, 0.2) is 0 Å². The summed E-state index contributed by atoms with van der Waals surface area (Å²) in [5.41, 5.74) is 1.23. The Morgan fingerprint density at radius 2 is 2.31 bits per heavy atom. The van der Waals surface area contributed by atoms with E-state index >= 15 is 0 Å². The van der Waals surface area contributed by atoms with E-state index in [2.05, 4.69) is 27.3 Å². The molecule has 0 radical (unpaired) electrons. The molecule has 2 nitrogen and oxygen atoms in total. The molecule has 0 atom stereocenters. The van der Waals surface area contributed by atoms with Crippen LogP contribution in [0.4, 0.5) is 0 Å². The van der Waals surface area contributed by atoms with E-state index in [1.165, 1.54) is 12.5 Å². The second-order valence-corrected chi connectivity index (χ2v) is 3.78. The third kappa shape index (κ3) is 4.08. The van der Waals surface area contributed by atoms with Gasteiger partial charge in [-0.25, -0.2) is 0 Å². The normalized spacial score (nSPS) is 9.69. The van der Waals surface area contributed by atoms with Crippen molar-refractivity contribution in [3.63, 3.8) is 0 Å². The zero-order chi connectivity index (χ0) is 9.68. The average Bonchev–Trinajstić information content (AvgIpc) is 2.03. The maximum absolute atomic E-state index is 10.6. The van der Waals surface area contributed by atoms with Gasteiger partial charge in [0.2, 0.25) is 5.91 Å². The van der Waals surface area contributed by atoms with Crippen molar-refractivity contribution in [1.82, 2.24) is 5.32 Å². The molecule has 0 aromatic heterocycles. The molecule has 70 valence electrons. The lowest BCUT2D eigenvalue weighted by Crippen LogP contribution is -2.22. The van der Waals surface area contributed by atoms with E-state index in [0.29, 0.717) is 6.54 Å². The Morgan fingerprint density at radius 1 is 1.54 bits per heavy atom. The predicted octanol–water partition coefficient (Wildman–Crippen LogP) is 2.13. The molecule has 1 N–H and O–H groups in total. The van der Waals surface area contributed by atoms with E-state index in [0.717, 1.165) is 10.9 Å². The van der Waals surface area contributed by atoms with Crippen LogP contribution in [0.25, 0.3) is 0 Å². The predicted molar refractivity (Wildman–Crippen MR) is 56.5 cm³/mol. The van der Waals surface area contributed by atoms with Crippen LogP contribution in [0.5, 0.6) is 0 Å². The van der Waals surface area contributed by atoms with E-state index in [9.17, 15) is 4.79 Å². The lowest BCUT2D eigenvalue weighted by atomic mass is 10.1. The molecule has 1 rings (SSSR count). The summed E-state index contributed by atoms with van der Waals surface area (Å²) in [6.07, 6.45) is 0.874. The first-order valence-corrected chi connectivity index (χ1v) is 4.96. The summed E-state index contributed by atoms with van der Waals surface area (Å²) < 4.78 is 1.08. The van der Waals surface area contributed by atoms with Gasteiger partial charge in [-0.2, -0.15) is 0 Å². The van der Waals surface area contributed by atoms with Crippen molar-refractivity contribution in [2.24, 2.45) is 0 Å². The Morgan fingerprint density at radius 3 is 2.92 bits per heavy atom. The third-order valence-electron chi connectivity index (χ3n) is 1.68. The summed E-state index contributed by atoms with van der Waals surface area (Å²) in [6.45, 7) is 2.23. The highest BCUT2D eigenvalue weighted by atomic mass is 79.9. The highest BCUT2D eigenvalue weighted by molar-refractivity contribution is 9.10. The Hall–Kier alpha value is -0.830. The molecule has 0 aliphatic rings. The molecule has 1 aromatic rings. The Balaban J connectivity index is 2.41. The maximum atomic E-state index is 10.6. The largest absolute Gasteiger partial charge is 0.356 e. The monoisotopic (exact) mass is 241 g/mol. The fourth-order valence-electron chi connectivity index (χ4n) is 1.08. The number of amides is 1. The van der Waals surface area contributed by atoms with Gasteiger partial charge in [0.25, 0.3) is 0 Å². The molecule has 0 spiro atoms. The molecule has 0 bridgehead atoms. The van der Waals surface area contributed by atoms with Crippen LogP contribution in [0.15, 0.2) is 28.7 Å². The summed E-state index contributed by atoms with van der Waals surface area (Å²) in [4.78, 5) is 10.6. The third-order valence-corrected chi connectivity index (χ3v) is 2.17. The Kier molecular flexibility index (Phi) is 3.96. The fraction of sp³-hybridized carbons (Fsp3) is 0.300. The van der Waals surface area contributed by atoms with E-state index in [-0.39, 0.29) is 5.91 Å². The molecule has 0 fully saturated rings. The molecule has 1 amide bonds. The molecular weight excluding hydrogens is 230 g/mol. The van der Waals surface area contributed by atoms with Crippen LogP contribution < -0.4 is 5.32 Å². The summed E-state index contributed by atoms with van der Waals surface area (Å²) in [5, 5.41) is 2.76. The van der Waals surface area contributed by atoms with Crippen molar-refractivity contribution in [3.05, 3.63) is 34.3 Å². The molecule has 0 heterocycles. The SMILES string of the molecule is CC(=O)NCCc1cccc(Br)c1. The smallest absolute Gasteiger partial charge is 0.216 e. The Labute approximate surface area is 86.5 Å². The number of hydrogen-bond acceptors (Lipinski definition) is 1. The van der Waals surface area contributed by atoms with Gasteiger partial charge in [-0.3, -0.25) is 4.79 Å². The lowest BCUT2D eigenvalue weighted by Gasteiger charge is -2.02. The van der Waals surface area contributed by atoms with E-state index in [4.69, 9.17) is 0 Å². The van der Waals surface area contributed by atoms with Crippen molar-refractivity contribution in [2.45, 2.75) is 13.3 Å². The molecule has 1 aromatic carbocycles. The highest BCUT2D eigenvalue weighted by Crippen LogP contribution is 2.11. The van der Waals surface area contributed by atoms with Gasteiger partial charge >= 0.3 is 0 Å². The molecule has 13 heavy (non-hydrogen) atoms. The molecule has 3 heteroatoms. The van der Waals surface area contributed by atoms with E-state index < -0.39 is 0 Å². The van der Waals surface area contributed by atoms with Crippen LogP contribution in [0.1, 0.15) is 12.5 Å². The first-order valence-electron chi connectivity index (χ1n) is 4.17. The van der Waals surface area contributed by atoms with Gasteiger partial charge in [-0.15, -0.1) is 0 Å². The van der Waals surface area contributed by atoms with Crippen molar-refractivity contribution in [1.29, 1.82) is 0 Å². The van der Waals surface area contributed by atoms with Crippen LogP contribution in [-0.4, -0.2) is 12.5 Å². The minimum Gasteiger partial charge on any atom is -0.356 e. The second-order valence-electron chi connectivity index (χ2n) is 2.86. The zero-order valence-electron chi connectivity index (χ0n) is 7.51. The van der Waals surface area contributed by atoms with Gasteiger partial charge in [0, 0.05) is 17.9 Å². The zero-order valence-corrected chi connectivity index (χ0v) is 9.10. The maximum Gasteiger partial charge on any atom is 0.216 e. The van der Waals surface area contributed by atoms with Crippen LogP contribution in [0.3, 0.4) is 0 Å². The van der Waals surface area contributed by atoms with Gasteiger partial charge < -0.3 is 5.32 Å². The Bertz CT molecular complexity index is 299. The number of hydrogen-bond donors (Lipinski definition) is 1. The molecule has 0 aliphatic heterocycles. The minimum atomic E-state index is 0.0231. The quantitative estimate of drug-likeness (QED) is 0.864. The van der Waals surface area contributed by atoms with Crippen molar-refractivity contribution in [3.8, 4) is 0 Å². The number of halogens is 1. The summed E-state index contributed by atoms with van der Waals surface area (Å²) in [6, 6.07) is 8.09. The topological polar surface area (TPSA) is 29.1 Å². The summed E-state index contributed by atoms with van der Waals surface area (Å²) in [5.74, 6) is 0.0231. The van der Waals surface area contributed by atoms with Gasteiger partial charge in [-0.1, -0.05) is 28.1 Å². The van der Waals surface area contributed by atoms with Crippen molar-refractivity contribution < 1.29 is 4.79 Å².